The fourth-order valence-electron chi connectivity index (χ4n) is 1.06. The van der Waals surface area contributed by atoms with Crippen molar-refractivity contribution in [1.82, 2.24) is 0 Å². The molecule has 0 saturated carbocycles. The minimum absolute atomic E-state index is 0. The molecule has 0 aliphatic carbocycles. The maximum absolute atomic E-state index is 10.7. The molecule has 1 rings (SSSR count). The molecule has 0 bridgehead atoms. The number of hydrogen-bond acceptors (Lipinski definition) is 4. The van der Waals surface area contributed by atoms with E-state index in [1.54, 1.807) is 6.07 Å². The fraction of sp³-hybridized carbons (Fsp3) is 0.111. The van der Waals surface area contributed by atoms with E-state index in [1.807, 2.05) is 0 Å². The summed E-state index contributed by atoms with van der Waals surface area (Å²) in [6.07, 6.45) is 1.24. The van der Waals surface area contributed by atoms with Crippen molar-refractivity contribution >= 4 is 30.4 Å². The summed E-state index contributed by atoms with van der Waals surface area (Å²) in [5.41, 5.74) is 0.648. The second-order valence-electron chi connectivity index (χ2n) is 2.64. The van der Waals surface area contributed by atoms with Gasteiger partial charge in [-0.15, -0.1) is 12.4 Å². The lowest BCUT2D eigenvalue weighted by Gasteiger charge is -2.08. The SMILES string of the molecule is COc1ccc(C(=O)O)cc1NC=NN.Cl. The molecular formula is C9H12ClN3O3. The molecule has 1 aromatic rings. The number of carboxylic acids is 1. The Morgan fingerprint density at radius 2 is 2.31 bits per heavy atom. The number of ether oxygens (including phenoxy) is 1. The normalized spacial score (nSPS) is 9.56. The van der Waals surface area contributed by atoms with Crippen LogP contribution in [0, 0.1) is 0 Å². The van der Waals surface area contributed by atoms with Gasteiger partial charge in [0, 0.05) is 0 Å². The van der Waals surface area contributed by atoms with Gasteiger partial charge < -0.3 is 21.0 Å². The van der Waals surface area contributed by atoms with Gasteiger partial charge in [0.25, 0.3) is 0 Å². The van der Waals surface area contributed by atoms with Gasteiger partial charge in [-0.05, 0) is 18.2 Å². The van der Waals surface area contributed by atoms with E-state index >= 15 is 0 Å². The molecular weight excluding hydrogens is 234 g/mol. The van der Waals surface area contributed by atoms with E-state index in [4.69, 9.17) is 15.7 Å². The number of rotatable bonds is 4. The molecule has 0 unspecified atom stereocenters. The minimum atomic E-state index is -1.01. The number of halogens is 1. The lowest BCUT2D eigenvalue weighted by atomic mass is 10.2. The van der Waals surface area contributed by atoms with Crippen molar-refractivity contribution in [3.05, 3.63) is 23.8 Å². The smallest absolute Gasteiger partial charge is 0.335 e. The van der Waals surface area contributed by atoms with Gasteiger partial charge in [-0.3, -0.25) is 0 Å². The summed E-state index contributed by atoms with van der Waals surface area (Å²) in [5.74, 6) is 4.42. The average molecular weight is 246 g/mol. The number of anilines is 1. The van der Waals surface area contributed by atoms with Gasteiger partial charge in [-0.25, -0.2) is 4.79 Å². The summed E-state index contributed by atoms with van der Waals surface area (Å²) < 4.78 is 5.02. The lowest BCUT2D eigenvalue weighted by molar-refractivity contribution is 0.0697. The van der Waals surface area contributed by atoms with Gasteiger partial charge in [0.15, 0.2) is 0 Å². The van der Waals surface area contributed by atoms with E-state index < -0.39 is 5.97 Å². The van der Waals surface area contributed by atoms with Crippen LogP contribution >= 0.6 is 12.4 Å². The first kappa shape index (κ1) is 14.1. The molecule has 0 radical (unpaired) electrons. The maximum atomic E-state index is 10.7. The van der Waals surface area contributed by atoms with Crippen molar-refractivity contribution < 1.29 is 14.6 Å². The van der Waals surface area contributed by atoms with Gasteiger partial charge in [-0.2, -0.15) is 5.10 Å². The second-order valence-corrected chi connectivity index (χ2v) is 2.64. The zero-order valence-corrected chi connectivity index (χ0v) is 9.32. The van der Waals surface area contributed by atoms with Crippen molar-refractivity contribution in [1.29, 1.82) is 0 Å². The number of methoxy groups -OCH3 is 1. The standard InChI is InChI=1S/C9H11N3O3.ClH/c1-15-8-3-2-6(9(13)14)4-7(8)11-5-12-10;/h2-5H,10H2,1H3,(H,11,12)(H,13,14);1H. The molecule has 0 spiro atoms. The molecule has 0 aromatic heterocycles. The van der Waals surface area contributed by atoms with Crippen LogP contribution < -0.4 is 15.9 Å². The van der Waals surface area contributed by atoms with Gasteiger partial charge in [-0.1, -0.05) is 0 Å². The average Bonchev–Trinajstić information content (AvgIpc) is 2.25. The zero-order valence-electron chi connectivity index (χ0n) is 8.51. The van der Waals surface area contributed by atoms with E-state index in [1.165, 1.54) is 25.6 Å². The number of nitrogens with zero attached hydrogens (tertiary/aromatic N) is 1. The number of hydrogen-bond donors (Lipinski definition) is 3. The second kappa shape index (κ2) is 6.52. The van der Waals surface area contributed by atoms with E-state index in [2.05, 4.69) is 10.4 Å². The first-order valence-corrected chi connectivity index (χ1v) is 4.08. The highest BCUT2D eigenvalue weighted by Gasteiger charge is 2.07. The monoisotopic (exact) mass is 245 g/mol. The molecule has 0 amide bonds. The summed E-state index contributed by atoms with van der Waals surface area (Å²) >= 11 is 0. The first-order valence-electron chi connectivity index (χ1n) is 4.08. The van der Waals surface area contributed by atoms with Gasteiger partial charge in [0.1, 0.15) is 12.1 Å². The predicted octanol–water partition coefficient (Wildman–Crippen LogP) is 1.13. The highest BCUT2D eigenvalue weighted by molar-refractivity contribution is 5.91. The van der Waals surface area contributed by atoms with Crippen molar-refractivity contribution in [2.24, 2.45) is 10.9 Å². The lowest BCUT2D eigenvalue weighted by Crippen LogP contribution is -2.03. The van der Waals surface area contributed by atoms with E-state index in [-0.39, 0.29) is 18.0 Å². The van der Waals surface area contributed by atoms with Gasteiger partial charge in [0.2, 0.25) is 0 Å². The molecule has 4 N–H and O–H groups in total. The number of nitrogens with two attached hydrogens (primary N) is 1. The number of carboxylic acid groups (broad SMARTS) is 1. The van der Waals surface area contributed by atoms with Crippen LogP contribution in [0.15, 0.2) is 23.3 Å². The van der Waals surface area contributed by atoms with Crippen molar-refractivity contribution in [2.75, 3.05) is 12.4 Å². The summed E-state index contributed by atoms with van der Waals surface area (Å²) in [7, 11) is 1.49. The molecule has 0 aliphatic rings. The number of nitrogens with one attached hydrogen (secondary N) is 1. The zero-order chi connectivity index (χ0) is 11.3. The molecule has 0 saturated heterocycles. The van der Waals surface area contributed by atoms with Crippen molar-refractivity contribution in [2.45, 2.75) is 0 Å². The van der Waals surface area contributed by atoms with E-state index in [0.29, 0.717) is 11.4 Å². The van der Waals surface area contributed by atoms with Crippen LogP contribution in [0.4, 0.5) is 5.69 Å². The topological polar surface area (TPSA) is 96.9 Å². The molecule has 16 heavy (non-hydrogen) atoms. The third kappa shape index (κ3) is 3.32. The third-order valence-corrected chi connectivity index (χ3v) is 1.74. The maximum Gasteiger partial charge on any atom is 0.335 e. The van der Waals surface area contributed by atoms with Gasteiger partial charge >= 0.3 is 5.97 Å². The molecule has 7 heteroatoms. The molecule has 0 atom stereocenters. The summed E-state index contributed by atoms with van der Waals surface area (Å²) in [5, 5.41) is 14.7. The highest BCUT2D eigenvalue weighted by Crippen LogP contribution is 2.24. The Morgan fingerprint density at radius 3 is 2.81 bits per heavy atom. The van der Waals surface area contributed by atoms with Crippen molar-refractivity contribution in [3.63, 3.8) is 0 Å². The van der Waals surface area contributed by atoms with Crippen LogP contribution in [0.25, 0.3) is 0 Å². The van der Waals surface area contributed by atoms with Crippen LogP contribution in [-0.2, 0) is 0 Å². The van der Waals surface area contributed by atoms with Crippen LogP contribution in [0.2, 0.25) is 0 Å². The summed E-state index contributed by atoms with van der Waals surface area (Å²) in [4.78, 5) is 10.7. The highest BCUT2D eigenvalue weighted by atomic mass is 35.5. The first-order chi connectivity index (χ1) is 7.19. The number of aromatic carboxylic acids is 1. The molecule has 0 heterocycles. The summed E-state index contributed by atoms with van der Waals surface area (Å²) in [6, 6.07) is 4.44. The Balaban J connectivity index is 0.00000225. The number of benzene rings is 1. The Hall–Kier alpha value is -1.95. The summed E-state index contributed by atoms with van der Waals surface area (Å²) in [6.45, 7) is 0. The Kier molecular flexibility index (Phi) is 5.72. The number of carbonyl (C=O) groups is 1. The molecule has 6 nitrogen and oxygen atoms in total. The van der Waals surface area contributed by atoms with E-state index in [9.17, 15) is 4.79 Å². The van der Waals surface area contributed by atoms with Crippen LogP contribution in [0.5, 0.6) is 5.75 Å². The Labute approximate surface area is 98.5 Å². The molecule has 1 aromatic carbocycles. The van der Waals surface area contributed by atoms with Crippen LogP contribution in [0.3, 0.4) is 0 Å². The number of hydrazone groups is 1. The molecule has 0 aliphatic heterocycles. The quantitative estimate of drug-likeness (QED) is 0.320. The molecule has 88 valence electrons. The van der Waals surface area contributed by atoms with Gasteiger partial charge in [0.05, 0.1) is 18.4 Å². The fourth-order valence-corrected chi connectivity index (χ4v) is 1.06. The largest absolute Gasteiger partial charge is 0.495 e. The minimum Gasteiger partial charge on any atom is -0.495 e. The third-order valence-electron chi connectivity index (χ3n) is 1.74. The Bertz CT molecular complexity index is 396. The Morgan fingerprint density at radius 1 is 1.62 bits per heavy atom. The van der Waals surface area contributed by atoms with Crippen molar-refractivity contribution in [3.8, 4) is 5.75 Å². The van der Waals surface area contributed by atoms with Crippen LogP contribution in [-0.4, -0.2) is 24.5 Å². The van der Waals surface area contributed by atoms with E-state index in [0.717, 1.165) is 0 Å². The van der Waals surface area contributed by atoms with Crippen LogP contribution in [0.1, 0.15) is 10.4 Å². The molecule has 0 fully saturated rings. The predicted molar refractivity (Wildman–Crippen MR) is 63.5 cm³/mol.